The number of aromatic hydroxyl groups is 1. The van der Waals surface area contributed by atoms with E-state index in [1.165, 1.54) is 13.3 Å². The summed E-state index contributed by atoms with van der Waals surface area (Å²) < 4.78 is 5.41. The largest absolute Gasteiger partial charge is 0.507 e. The highest BCUT2D eigenvalue weighted by Gasteiger charge is 2.18. The number of phenols is 1. The highest BCUT2D eigenvalue weighted by molar-refractivity contribution is 5.87. The second-order valence-electron chi connectivity index (χ2n) is 5.42. The fourth-order valence-corrected chi connectivity index (χ4v) is 2.41. The van der Waals surface area contributed by atoms with Gasteiger partial charge in [0, 0.05) is 17.5 Å². The summed E-state index contributed by atoms with van der Waals surface area (Å²) in [5, 5.41) is 31.0. The fraction of sp³-hybridized carbons (Fsp3) is 0.412. The van der Waals surface area contributed by atoms with E-state index in [4.69, 9.17) is 15.1 Å². The zero-order valence-electron chi connectivity index (χ0n) is 13.9. The molecule has 0 unspecified atom stereocenters. The number of carboxylic acid groups (broad SMARTS) is 1. The van der Waals surface area contributed by atoms with Gasteiger partial charge in [0.2, 0.25) is 0 Å². The molecule has 0 aliphatic heterocycles. The lowest BCUT2D eigenvalue weighted by Crippen LogP contribution is -2.02. The molecule has 3 N–H and O–H groups in total. The van der Waals surface area contributed by atoms with Crippen LogP contribution in [0.2, 0.25) is 0 Å². The highest BCUT2D eigenvalue weighted by atomic mass is 16.5. The number of aliphatic carboxylic acids is 1. The van der Waals surface area contributed by atoms with Crippen LogP contribution in [-0.2, 0) is 11.2 Å². The van der Waals surface area contributed by atoms with Crippen LogP contribution >= 0.6 is 0 Å². The molecule has 1 rings (SSSR count). The number of hydrogen-bond acceptors (Lipinski definition) is 5. The Bertz CT molecular complexity index is 647. The second kappa shape index (κ2) is 8.22. The van der Waals surface area contributed by atoms with Crippen molar-refractivity contribution >= 4 is 12.2 Å². The van der Waals surface area contributed by atoms with E-state index in [0.717, 1.165) is 16.7 Å². The first-order valence-electron chi connectivity index (χ1n) is 7.27. The Morgan fingerprint density at radius 3 is 2.43 bits per heavy atom. The summed E-state index contributed by atoms with van der Waals surface area (Å²) in [6.07, 6.45) is 3.99. The third-order valence-electron chi connectivity index (χ3n) is 3.90. The molecule has 0 bridgehead atoms. The van der Waals surface area contributed by atoms with Crippen molar-refractivity contribution in [3.05, 3.63) is 33.9 Å². The first-order chi connectivity index (χ1) is 10.8. The molecule has 0 aliphatic rings. The number of phenolic OH excluding ortho intramolecular Hbond substituents is 1. The van der Waals surface area contributed by atoms with Crippen LogP contribution in [0.5, 0.6) is 11.5 Å². The van der Waals surface area contributed by atoms with Gasteiger partial charge in [-0.05, 0) is 44.7 Å². The molecule has 1 aromatic rings. The Balaban J connectivity index is 3.24. The molecule has 0 heterocycles. The average molecular weight is 321 g/mol. The quantitative estimate of drug-likeness (QED) is 0.310. The first kappa shape index (κ1) is 18.5. The van der Waals surface area contributed by atoms with Crippen LogP contribution < -0.4 is 4.74 Å². The predicted molar refractivity (Wildman–Crippen MR) is 87.8 cm³/mol. The maximum Gasteiger partial charge on any atom is 0.303 e. The summed E-state index contributed by atoms with van der Waals surface area (Å²) in [4.78, 5) is 10.6. The number of allylic oxidation sites excluding steroid dienone is 2. The van der Waals surface area contributed by atoms with Crippen LogP contribution in [0.25, 0.3) is 0 Å². The third kappa shape index (κ3) is 4.48. The summed E-state index contributed by atoms with van der Waals surface area (Å²) in [5.74, 6) is -0.256. The van der Waals surface area contributed by atoms with Crippen molar-refractivity contribution in [2.75, 3.05) is 7.11 Å². The number of nitrogens with zero attached hydrogens (tertiary/aromatic N) is 1. The summed E-state index contributed by atoms with van der Waals surface area (Å²) in [5.41, 5.74) is 3.57. The average Bonchev–Trinajstić information content (AvgIpc) is 2.51. The number of benzene rings is 1. The molecular weight excluding hydrogens is 298 g/mol. The van der Waals surface area contributed by atoms with Crippen molar-refractivity contribution in [1.82, 2.24) is 0 Å². The highest BCUT2D eigenvalue weighted by Crippen LogP contribution is 2.37. The van der Waals surface area contributed by atoms with E-state index < -0.39 is 5.97 Å². The van der Waals surface area contributed by atoms with Gasteiger partial charge < -0.3 is 20.2 Å². The van der Waals surface area contributed by atoms with Crippen molar-refractivity contribution in [2.24, 2.45) is 5.16 Å². The first-order valence-corrected chi connectivity index (χ1v) is 7.27. The molecule has 1 aromatic carbocycles. The zero-order valence-corrected chi connectivity index (χ0v) is 13.9. The predicted octanol–water partition coefficient (Wildman–Crippen LogP) is 3.18. The minimum absolute atomic E-state index is 0.00466. The molecule has 23 heavy (non-hydrogen) atoms. The minimum atomic E-state index is -0.842. The van der Waals surface area contributed by atoms with Crippen molar-refractivity contribution < 1.29 is 25.0 Å². The lowest BCUT2D eigenvalue weighted by atomic mass is 9.94. The Hall–Kier alpha value is -2.50. The smallest absolute Gasteiger partial charge is 0.303 e. The molecule has 0 fully saturated rings. The van der Waals surface area contributed by atoms with Gasteiger partial charge in [0.15, 0.2) is 0 Å². The molecule has 0 amide bonds. The molecule has 6 nitrogen and oxygen atoms in total. The Morgan fingerprint density at radius 1 is 1.26 bits per heavy atom. The van der Waals surface area contributed by atoms with Crippen LogP contribution in [0.15, 0.2) is 16.8 Å². The summed E-state index contributed by atoms with van der Waals surface area (Å²) in [6.45, 7) is 5.53. The lowest BCUT2D eigenvalue weighted by Gasteiger charge is -2.17. The molecular formula is C17H23NO5. The van der Waals surface area contributed by atoms with Gasteiger partial charge in [-0.1, -0.05) is 16.8 Å². The van der Waals surface area contributed by atoms with Crippen molar-refractivity contribution in [1.29, 1.82) is 0 Å². The van der Waals surface area contributed by atoms with Gasteiger partial charge >= 0.3 is 5.97 Å². The number of carbonyl (C=O) groups is 1. The second-order valence-corrected chi connectivity index (χ2v) is 5.42. The summed E-state index contributed by atoms with van der Waals surface area (Å²) in [6, 6.07) is 0. The van der Waals surface area contributed by atoms with E-state index in [-0.39, 0.29) is 12.2 Å². The molecule has 0 aromatic heterocycles. The molecule has 0 radical (unpaired) electrons. The van der Waals surface area contributed by atoms with E-state index in [9.17, 15) is 9.90 Å². The van der Waals surface area contributed by atoms with Gasteiger partial charge in [-0.2, -0.15) is 0 Å². The number of rotatable bonds is 7. The van der Waals surface area contributed by atoms with Crippen LogP contribution in [0.4, 0.5) is 0 Å². The number of hydrogen-bond donors (Lipinski definition) is 3. The zero-order chi connectivity index (χ0) is 17.6. The third-order valence-corrected chi connectivity index (χ3v) is 3.90. The van der Waals surface area contributed by atoms with E-state index in [1.54, 1.807) is 0 Å². The Morgan fingerprint density at radius 2 is 1.91 bits per heavy atom. The van der Waals surface area contributed by atoms with Gasteiger partial charge in [0.25, 0.3) is 0 Å². The summed E-state index contributed by atoms with van der Waals surface area (Å²) >= 11 is 0. The normalized spacial score (nSPS) is 11.9. The maximum atomic E-state index is 10.6. The van der Waals surface area contributed by atoms with Crippen LogP contribution in [0.3, 0.4) is 0 Å². The SMILES string of the molecule is COc1c(C)c(C)c(/C=N/O)c(O)c1C/C=C(\C)CCC(=O)O. The fourth-order valence-electron chi connectivity index (χ4n) is 2.41. The van der Waals surface area contributed by atoms with E-state index >= 15 is 0 Å². The van der Waals surface area contributed by atoms with E-state index in [2.05, 4.69) is 5.16 Å². The van der Waals surface area contributed by atoms with Crippen LogP contribution in [0, 0.1) is 13.8 Å². The van der Waals surface area contributed by atoms with Crippen molar-refractivity contribution in [2.45, 2.75) is 40.0 Å². The molecule has 0 spiro atoms. The Labute approximate surface area is 135 Å². The number of ether oxygens (including phenoxy) is 1. The standard InChI is InChI=1S/C17H23NO5/c1-10(6-8-15(19)20)5-7-13-16(21)14(9-18-22)11(2)12(3)17(13)23-4/h5,9,21-22H,6-8H2,1-4H3,(H,19,20)/b10-5+,18-9+. The van der Waals surface area contributed by atoms with E-state index in [0.29, 0.717) is 29.7 Å². The van der Waals surface area contributed by atoms with Crippen molar-refractivity contribution in [3.8, 4) is 11.5 Å². The van der Waals surface area contributed by atoms with Crippen LogP contribution in [0.1, 0.15) is 42.0 Å². The van der Waals surface area contributed by atoms with Gasteiger partial charge in [0.05, 0.1) is 13.3 Å². The Kier molecular flexibility index (Phi) is 6.63. The number of methoxy groups -OCH3 is 1. The number of carboxylic acids is 1. The van der Waals surface area contributed by atoms with Gasteiger partial charge in [-0.25, -0.2) is 0 Å². The topological polar surface area (TPSA) is 99.4 Å². The van der Waals surface area contributed by atoms with Gasteiger partial charge in [0.1, 0.15) is 11.5 Å². The summed E-state index contributed by atoms with van der Waals surface area (Å²) in [7, 11) is 1.53. The van der Waals surface area contributed by atoms with Gasteiger partial charge in [-0.3, -0.25) is 4.79 Å². The maximum absolute atomic E-state index is 10.6. The van der Waals surface area contributed by atoms with Crippen LogP contribution in [-0.4, -0.2) is 34.7 Å². The molecule has 126 valence electrons. The molecule has 0 aliphatic carbocycles. The molecule has 6 heteroatoms. The van der Waals surface area contributed by atoms with Crippen molar-refractivity contribution in [3.63, 3.8) is 0 Å². The monoisotopic (exact) mass is 321 g/mol. The molecule has 0 atom stereocenters. The van der Waals surface area contributed by atoms with E-state index in [1.807, 2.05) is 26.8 Å². The minimum Gasteiger partial charge on any atom is -0.507 e. The number of oxime groups is 1. The van der Waals surface area contributed by atoms with Gasteiger partial charge in [-0.15, -0.1) is 0 Å². The molecule has 0 saturated carbocycles. The lowest BCUT2D eigenvalue weighted by molar-refractivity contribution is -0.136. The molecule has 0 saturated heterocycles.